The molecule has 0 N–H and O–H groups in total. The number of anilines is 1. The normalized spacial score (nSPS) is 20.3. The Morgan fingerprint density at radius 3 is 2.37 bits per heavy atom. The molecule has 2 aromatic carbocycles. The quantitative estimate of drug-likeness (QED) is 0.563. The van der Waals surface area contributed by atoms with E-state index in [2.05, 4.69) is 5.10 Å². The molecular formula is C20H19ClF3N3O2S. The minimum atomic E-state index is -4.20. The number of halogens is 4. The molecule has 1 saturated heterocycles. The molecule has 1 fully saturated rings. The molecule has 5 nitrogen and oxygen atoms in total. The number of hydrogen-bond acceptors (Lipinski definition) is 4. The second-order valence-corrected chi connectivity index (χ2v) is 9.79. The lowest BCUT2D eigenvalue weighted by atomic mass is 10.1. The molecule has 0 amide bonds. The zero-order valence-corrected chi connectivity index (χ0v) is 17.8. The number of aromatic nitrogens is 2. The molecule has 2 atom stereocenters. The first-order chi connectivity index (χ1) is 14.0. The molecule has 0 spiro atoms. The second-order valence-electron chi connectivity index (χ2n) is 7.62. The van der Waals surface area contributed by atoms with Gasteiger partial charge in [0.1, 0.15) is 6.17 Å². The molecule has 3 aromatic rings. The summed E-state index contributed by atoms with van der Waals surface area (Å²) in [5, 5.41) is 4.97. The Morgan fingerprint density at radius 2 is 1.80 bits per heavy atom. The van der Waals surface area contributed by atoms with E-state index in [4.69, 9.17) is 11.6 Å². The first kappa shape index (κ1) is 21.0. The zero-order valence-electron chi connectivity index (χ0n) is 16.2. The van der Waals surface area contributed by atoms with Gasteiger partial charge in [0, 0.05) is 24.9 Å². The number of rotatable bonds is 4. The molecule has 0 unspecified atom stereocenters. The van der Waals surface area contributed by atoms with Gasteiger partial charge in [0.15, 0.2) is 5.82 Å². The van der Waals surface area contributed by atoms with Gasteiger partial charge in [-0.2, -0.15) is 12.5 Å². The molecule has 0 aliphatic carbocycles. The monoisotopic (exact) mass is 457 g/mol. The van der Waals surface area contributed by atoms with Crippen LogP contribution in [0.1, 0.15) is 19.4 Å². The van der Waals surface area contributed by atoms with Crippen molar-refractivity contribution in [1.82, 2.24) is 9.19 Å². The van der Waals surface area contributed by atoms with E-state index in [1.54, 1.807) is 30.0 Å². The van der Waals surface area contributed by atoms with Gasteiger partial charge in [-0.25, -0.2) is 13.2 Å². The third-order valence-electron chi connectivity index (χ3n) is 5.31. The summed E-state index contributed by atoms with van der Waals surface area (Å²) in [7, 11) is -4.20. The molecule has 2 heterocycles. The van der Waals surface area contributed by atoms with Crippen LogP contribution in [-0.2, 0) is 15.9 Å². The van der Waals surface area contributed by atoms with Crippen LogP contribution in [-0.4, -0.2) is 36.9 Å². The summed E-state index contributed by atoms with van der Waals surface area (Å²) in [4.78, 5) is 1.49. The molecule has 0 saturated carbocycles. The van der Waals surface area contributed by atoms with E-state index in [-0.39, 0.29) is 34.3 Å². The van der Waals surface area contributed by atoms with Gasteiger partial charge in [-0.05, 0) is 24.3 Å². The standard InChI is InChI=1S/C20H19ClF3N3O2S/c1-12-10-26(11-16(12)22)19-18-15(21)4-3-5-17(18)27(25-19)30(28,29)14-8-6-13(7-9-14)20(2,23)24/h3-9,12,16H,10-11H2,1-2H3/t12-,16-/m0/s1. The zero-order chi connectivity index (χ0) is 21.8. The molecule has 0 radical (unpaired) electrons. The van der Waals surface area contributed by atoms with Crippen LogP contribution in [0.25, 0.3) is 10.9 Å². The van der Waals surface area contributed by atoms with Crippen molar-refractivity contribution in [3.63, 3.8) is 0 Å². The van der Waals surface area contributed by atoms with E-state index in [0.29, 0.717) is 17.0 Å². The number of fused-ring (bicyclic) bond motifs is 1. The maximum Gasteiger partial charge on any atom is 0.283 e. The predicted octanol–water partition coefficient (Wildman–Crippen LogP) is 4.83. The number of nitrogens with zero attached hydrogens (tertiary/aromatic N) is 3. The van der Waals surface area contributed by atoms with Gasteiger partial charge in [0.25, 0.3) is 15.9 Å². The lowest BCUT2D eigenvalue weighted by Crippen LogP contribution is -2.22. The lowest BCUT2D eigenvalue weighted by molar-refractivity contribution is 0.0174. The van der Waals surface area contributed by atoms with Gasteiger partial charge in [-0.1, -0.05) is 36.7 Å². The number of alkyl halides is 3. The van der Waals surface area contributed by atoms with Crippen molar-refractivity contribution >= 4 is 38.3 Å². The Balaban J connectivity index is 1.86. The molecule has 160 valence electrons. The van der Waals surface area contributed by atoms with Crippen LogP contribution >= 0.6 is 11.6 Å². The predicted molar refractivity (Wildman–Crippen MR) is 110 cm³/mol. The molecule has 1 aliphatic rings. The number of hydrogen-bond donors (Lipinski definition) is 0. The summed E-state index contributed by atoms with van der Waals surface area (Å²) in [6.45, 7) is 2.96. The average molecular weight is 458 g/mol. The van der Waals surface area contributed by atoms with Gasteiger partial charge in [-0.15, -0.1) is 5.10 Å². The van der Waals surface area contributed by atoms with Crippen LogP contribution in [0.2, 0.25) is 5.02 Å². The van der Waals surface area contributed by atoms with Crippen LogP contribution in [0.5, 0.6) is 0 Å². The summed E-state index contributed by atoms with van der Waals surface area (Å²) >= 11 is 6.34. The highest BCUT2D eigenvalue weighted by atomic mass is 35.5. The molecule has 1 aromatic heterocycles. The van der Waals surface area contributed by atoms with E-state index in [9.17, 15) is 21.6 Å². The highest BCUT2D eigenvalue weighted by molar-refractivity contribution is 7.90. The van der Waals surface area contributed by atoms with Crippen molar-refractivity contribution in [1.29, 1.82) is 0 Å². The summed E-state index contributed by atoms with van der Waals surface area (Å²) in [5.41, 5.74) is -0.0621. The molecule has 30 heavy (non-hydrogen) atoms. The average Bonchev–Trinajstić information content (AvgIpc) is 3.23. The second kappa shape index (κ2) is 7.16. The summed E-state index contributed by atoms with van der Waals surface area (Å²) in [5.74, 6) is -3.04. The first-order valence-electron chi connectivity index (χ1n) is 9.30. The van der Waals surface area contributed by atoms with Crippen molar-refractivity contribution in [2.45, 2.75) is 30.8 Å². The molecule has 0 bridgehead atoms. The van der Waals surface area contributed by atoms with Crippen molar-refractivity contribution < 1.29 is 21.6 Å². The molecular weight excluding hydrogens is 439 g/mol. The minimum Gasteiger partial charge on any atom is -0.351 e. The summed E-state index contributed by atoms with van der Waals surface area (Å²) in [6.07, 6.45) is -1.06. The van der Waals surface area contributed by atoms with Crippen LogP contribution in [0.3, 0.4) is 0 Å². The van der Waals surface area contributed by atoms with E-state index < -0.39 is 22.1 Å². The van der Waals surface area contributed by atoms with Crippen LogP contribution in [0, 0.1) is 5.92 Å². The summed E-state index contributed by atoms with van der Waals surface area (Å²) < 4.78 is 68.4. The van der Waals surface area contributed by atoms with E-state index in [1.165, 1.54) is 0 Å². The Hall–Kier alpha value is -2.26. The third-order valence-corrected chi connectivity index (χ3v) is 7.23. The van der Waals surface area contributed by atoms with E-state index in [0.717, 1.165) is 35.3 Å². The Morgan fingerprint density at radius 1 is 1.13 bits per heavy atom. The fourth-order valence-corrected chi connectivity index (χ4v) is 5.14. The van der Waals surface area contributed by atoms with Gasteiger partial charge in [-0.3, -0.25) is 0 Å². The Bertz CT molecular complexity index is 1200. The maximum atomic E-state index is 14.1. The molecule has 10 heteroatoms. The van der Waals surface area contributed by atoms with Crippen molar-refractivity contribution in [3.8, 4) is 0 Å². The topological polar surface area (TPSA) is 55.2 Å². The first-order valence-corrected chi connectivity index (χ1v) is 11.1. The van der Waals surface area contributed by atoms with Crippen molar-refractivity contribution in [2.24, 2.45) is 5.92 Å². The van der Waals surface area contributed by atoms with Gasteiger partial charge in [0.05, 0.1) is 27.4 Å². The van der Waals surface area contributed by atoms with Crippen LogP contribution in [0.4, 0.5) is 19.0 Å². The minimum absolute atomic E-state index is 0.0822. The van der Waals surface area contributed by atoms with E-state index in [1.807, 2.05) is 0 Å². The van der Waals surface area contributed by atoms with Crippen molar-refractivity contribution in [2.75, 3.05) is 18.0 Å². The molecule has 1 aliphatic heterocycles. The summed E-state index contributed by atoms with van der Waals surface area (Å²) in [6, 6.07) is 9.13. The van der Waals surface area contributed by atoms with Crippen LogP contribution < -0.4 is 4.90 Å². The Kier molecular flexibility index (Phi) is 5.01. The smallest absolute Gasteiger partial charge is 0.283 e. The van der Waals surface area contributed by atoms with E-state index >= 15 is 0 Å². The van der Waals surface area contributed by atoms with Crippen LogP contribution in [0.15, 0.2) is 47.4 Å². The third kappa shape index (κ3) is 3.43. The Labute approximate surface area is 177 Å². The highest BCUT2D eigenvalue weighted by Gasteiger charge is 2.34. The molecule has 4 rings (SSSR count). The number of benzene rings is 2. The van der Waals surface area contributed by atoms with Gasteiger partial charge in [0.2, 0.25) is 0 Å². The van der Waals surface area contributed by atoms with Gasteiger partial charge < -0.3 is 4.90 Å². The maximum absolute atomic E-state index is 14.1. The SMILES string of the molecule is C[C@H]1CN(c2nn(S(=O)(=O)c3ccc(C(C)(F)F)cc3)c3cccc(Cl)c23)C[C@@H]1F. The fourth-order valence-electron chi connectivity index (χ4n) is 3.61. The van der Waals surface area contributed by atoms with Gasteiger partial charge >= 0.3 is 0 Å². The largest absolute Gasteiger partial charge is 0.351 e. The fraction of sp³-hybridized carbons (Fsp3) is 0.350. The lowest BCUT2D eigenvalue weighted by Gasteiger charge is -2.15. The van der Waals surface area contributed by atoms with Crippen molar-refractivity contribution in [3.05, 3.63) is 53.1 Å². The highest BCUT2D eigenvalue weighted by Crippen LogP contribution is 2.37.